The number of hydrogen-bond donors (Lipinski definition) is 1. The van der Waals surface area contributed by atoms with Crippen molar-refractivity contribution in [3.8, 4) is 0 Å². The van der Waals surface area contributed by atoms with Crippen LogP contribution in [0.1, 0.15) is 117 Å². The van der Waals surface area contributed by atoms with Crippen molar-refractivity contribution in [1.82, 2.24) is 0 Å². The van der Waals surface area contributed by atoms with Crippen LogP contribution in [-0.2, 0) is 0 Å². The van der Waals surface area contributed by atoms with Crippen LogP contribution < -0.4 is 5.73 Å². The molecular weight excluding hydrogens is 254 g/mol. The molecule has 128 valence electrons. The zero-order valence-corrected chi connectivity index (χ0v) is 15.2. The first kappa shape index (κ1) is 21.0. The lowest BCUT2D eigenvalue weighted by Crippen LogP contribution is -2.05. The van der Waals surface area contributed by atoms with Crippen LogP contribution in [0.5, 0.6) is 0 Å². The highest BCUT2D eigenvalue weighted by molar-refractivity contribution is 4.60. The van der Waals surface area contributed by atoms with Gasteiger partial charge >= 0.3 is 0 Å². The molecule has 0 radical (unpaired) electrons. The third-order valence-electron chi connectivity index (χ3n) is 4.73. The van der Waals surface area contributed by atoms with Gasteiger partial charge in [-0.2, -0.15) is 0 Å². The van der Waals surface area contributed by atoms with Crippen molar-refractivity contribution in [2.24, 2.45) is 11.7 Å². The largest absolute Gasteiger partial charge is 0.330 e. The van der Waals surface area contributed by atoms with Gasteiger partial charge in [0.05, 0.1) is 0 Å². The van der Waals surface area contributed by atoms with E-state index < -0.39 is 0 Å². The number of hydrogen-bond acceptors (Lipinski definition) is 1. The molecule has 0 aromatic heterocycles. The normalized spacial score (nSPS) is 12.7. The summed E-state index contributed by atoms with van der Waals surface area (Å²) in [5, 5.41) is 0. The highest BCUT2D eigenvalue weighted by Gasteiger charge is 2.06. The summed E-state index contributed by atoms with van der Waals surface area (Å²) in [7, 11) is 0. The van der Waals surface area contributed by atoms with Gasteiger partial charge in [0.15, 0.2) is 0 Å². The summed E-state index contributed by atoms with van der Waals surface area (Å²) in [4.78, 5) is 0. The minimum absolute atomic E-state index is 0.873. The van der Waals surface area contributed by atoms with E-state index in [0.29, 0.717) is 0 Å². The Morgan fingerprint density at radius 3 is 1.48 bits per heavy atom. The van der Waals surface area contributed by atoms with Crippen LogP contribution in [0.2, 0.25) is 0 Å². The summed E-state index contributed by atoms with van der Waals surface area (Å²) in [5.41, 5.74) is 5.63. The third kappa shape index (κ3) is 16.2. The number of unbranched alkanes of at least 4 members (excludes halogenated alkanes) is 10. The number of nitrogens with two attached hydrogens (primary N) is 1. The van der Waals surface area contributed by atoms with Gasteiger partial charge in [0.2, 0.25) is 0 Å². The van der Waals surface area contributed by atoms with Gasteiger partial charge in [0.25, 0.3) is 0 Å². The van der Waals surface area contributed by atoms with Gasteiger partial charge in [-0.1, -0.05) is 104 Å². The van der Waals surface area contributed by atoms with Crippen molar-refractivity contribution in [3.63, 3.8) is 0 Å². The first-order valence-corrected chi connectivity index (χ1v) is 10.0. The standard InChI is InChI=1S/C20H43N/c1-3-5-6-7-8-9-10-11-12-13-14-17-20(16-4-2)18-15-19-21/h20H,3-19,21H2,1-2H3. The zero-order chi connectivity index (χ0) is 15.6. The third-order valence-corrected chi connectivity index (χ3v) is 4.73. The van der Waals surface area contributed by atoms with E-state index >= 15 is 0 Å². The second-order valence-corrected chi connectivity index (χ2v) is 6.91. The molecule has 0 spiro atoms. The fraction of sp³-hybridized carbons (Fsp3) is 1.00. The molecule has 0 heterocycles. The van der Waals surface area contributed by atoms with Crippen LogP contribution in [0.4, 0.5) is 0 Å². The summed E-state index contributed by atoms with van der Waals surface area (Å²) in [6, 6.07) is 0. The van der Waals surface area contributed by atoms with Gasteiger partial charge < -0.3 is 5.73 Å². The average molecular weight is 298 g/mol. The van der Waals surface area contributed by atoms with Gasteiger partial charge in [-0.15, -0.1) is 0 Å². The SMILES string of the molecule is CCCCCCCCCCCCCC(CCC)CCCN. The lowest BCUT2D eigenvalue weighted by Gasteiger charge is -2.15. The van der Waals surface area contributed by atoms with Gasteiger partial charge in [-0.25, -0.2) is 0 Å². The van der Waals surface area contributed by atoms with Crippen LogP contribution in [0.3, 0.4) is 0 Å². The molecule has 0 aromatic carbocycles. The summed E-state index contributed by atoms with van der Waals surface area (Å²) in [6.07, 6.45) is 22.8. The van der Waals surface area contributed by atoms with Crippen LogP contribution in [-0.4, -0.2) is 6.54 Å². The first-order chi connectivity index (χ1) is 10.3. The highest BCUT2D eigenvalue weighted by Crippen LogP contribution is 2.21. The monoisotopic (exact) mass is 297 g/mol. The summed E-state index contributed by atoms with van der Waals surface area (Å²) in [5.74, 6) is 0.956. The maximum absolute atomic E-state index is 5.63. The fourth-order valence-corrected chi connectivity index (χ4v) is 3.35. The van der Waals surface area contributed by atoms with Gasteiger partial charge in [-0.3, -0.25) is 0 Å². The summed E-state index contributed by atoms with van der Waals surface area (Å²) >= 11 is 0. The van der Waals surface area contributed by atoms with Crippen LogP contribution >= 0.6 is 0 Å². The second kappa shape index (κ2) is 18.0. The minimum atomic E-state index is 0.873. The average Bonchev–Trinajstić information content (AvgIpc) is 2.50. The molecule has 0 rings (SSSR count). The molecule has 0 saturated heterocycles. The maximum atomic E-state index is 5.63. The zero-order valence-electron chi connectivity index (χ0n) is 15.2. The quantitative estimate of drug-likeness (QED) is 0.292. The van der Waals surface area contributed by atoms with Crippen molar-refractivity contribution in [1.29, 1.82) is 0 Å². The predicted molar refractivity (Wildman–Crippen MR) is 97.8 cm³/mol. The summed E-state index contributed by atoms with van der Waals surface area (Å²) in [6.45, 7) is 5.48. The molecule has 0 bridgehead atoms. The predicted octanol–water partition coefficient (Wildman–Crippen LogP) is 6.84. The molecule has 0 fully saturated rings. The molecule has 2 N–H and O–H groups in total. The Labute approximate surface area is 135 Å². The smallest absolute Gasteiger partial charge is 0.00772 e. The highest BCUT2D eigenvalue weighted by atomic mass is 14.5. The minimum Gasteiger partial charge on any atom is -0.330 e. The molecule has 1 atom stereocenters. The Bertz CT molecular complexity index is 179. The molecule has 1 unspecified atom stereocenters. The summed E-state index contributed by atoms with van der Waals surface area (Å²) < 4.78 is 0. The van der Waals surface area contributed by atoms with E-state index in [0.717, 1.165) is 12.5 Å². The van der Waals surface area contributed by atoms with Gasteiger partial charge in [0.1, 0.15) is 0 Å². The Morgan fingerprint density at radius 2 is 1.00 bits per heavy atom. The van der Waals surface area contributed by atoms with Crippen molar-refractivity contribution in [3.05, 3.63) is 0 Å². The van der Waals surface area contributed by atoms with Gasteiger partial charge in [-0.05, 0) is 25.3 Å². The molecule has 1 nitrogen and oxygen atoms in total. The van der Waals surface area contributed by atoms with E-state index in [1.165, 1.54) is 103 Å². The molecule has 0 aromatic rings. The fourth-order valence-electron chi connectivity index (χ4n) is 3.35. The van der Waals surface area contributed by atoms with Crippen molar-refractivity contribution < 1.29 is 0 Å². The van der Waals surface area contributed by atoms with Crippen molar-refractivity contribution >= 4 is 0 Å². The molecule has 0 aliphatic rings. The molecule has 0 saturated carbocycles. The van der Waals surface area contributed by atoms with Crippen LogP contribution in [0.25, 0.3) is 0 Å². The Balaban J connectivity index is 3.25. The van der Waals surface area contributed by atoms with E-state index in [1.54, 1.807) is 0 Å². The second-order valence-electron chi connectivity index (χ2n) is 6.91. The molecule has 0 aliphatic carbocycles. The van der Waals surface area contributed by atoms with Crippen molar-refractivity contribution in [2.75, 3.05) is 6.54 Å². The topological polar surface area (TPSA) is 26.0 Å². The Hall–Kier alpha value is -0.0400. The maximum Gasteiger partial charge on any atom is -0.00772 e. The molecule has 0 amide bonds. The van der Waals surface area contributed by atoms with Gasteiger partial charge in [0, 0.05) is 0 Å². The number of rotatable bonds is 17. The lowest BCUT2D eigenvalue weighted by atomic mass is 9.92. The molecule has 21 heavy (non-hydrogen) atoms. The molecular formula is C20H43N. The van der Waals surface area contributed by atoms with E-state index in [-0.39, 0.29) is 0 Å². The van der Waals surface area contributed by atoms with E-state index in [1.807, 2.05) is 0 Å². The lowest BCUT2D eigenvalue weighted by molar-refractivity contribution is 0.386. The van der Waals surface area contributed by atoms with Crippen molar-refractivity contribution in [2.45, 2.75) is 117 Å². The van der Waals surface area contributed by atoms with E-state index in [2.05, 4.69) is 13.8 Å². The van der Waals surface area contributed by atoms with Crippen LogP contribution in [0.15, 0.2) is 0 Å². The Kier molecular flexibility index (Phi) is 18.0. The molecule has 1 heteroatoms. The van der Waals surface area contributed by atoms with E-state index in [9.17, 15) is 0 Å². The Morgan fingerprint density at radius 1 is 0.524 bits per heavy atom. The molecule has 0 aliphatic heterocycles. The van der Waals surface area contributed by atoms with E-state index in [4.69, 9.17) is 5.73 Å². The van der Waals surface area contributed by atoms with Crippen LogP contribution in [0, 0.1) is 5.92 Å². The first-order valence-electron chi connectivity index (χ1n) is 10.0.